The number of nitrogens with one attached hydrogen (secondary N) is 2. The van der Waals surface area contributed by atoms with Gasteiger partial charge in [0.25, 0.3) is 5.91 Å². The van der Waals surface area contributed by atoms with Gasteiger partial charge in [0.1, 0.15) is 0 Å². The number of carbonyl (C=O) groups is 1. The van der Waals surface area contributed by atoms with Crippen molar-refractivity contribution in [2.75, 3.05) is 5.32 Å². The van der Waals surface area contributed by atoms with Crippen LogP contribution in [0.15, 0.2) is 40.4 Å². The summed E-state index contributed by atoms with van der Waals surface area (Å²) < 4.78 is 0.915. The standard InChI is InChI=1S/C15H19BrN2O/c1-14(2)11(12(16)15(3,4)18-14)13(19)17-10-8-6-5-7-9-10/h5-9,18H,1-4H3,(H,17,19). The normalized spacial score (nSPS) is 20.5. The third kappa shape index (κ3) is 2.74. The first-order chi connectivity index (χ1) is 8.74. The predicted molar refractivity (Wildman–Crippen MR) is 82.3 cm³/mol. The van der Waals surface area contributed by atoms with E-state index in [2.05, 4.69) is 40.4 Å². The van der Waals surface area contributed by atoms with E-state index >= 15 is 0 Å². The fraction of sp³-hybridized carbons (Fsp3) is 0.400. The molecule has 1 aromatic carbocycles. The zero-order valence-corrected chi connectivity index (χ0v) is 13.3. The third-order valence-electron chi connectivity index (χ3n) is 3.28. The van der Waals surface area contributed by atoms with Gasteiger partial charge >= 0.3 is 0 Å². The number of amides is 1. The Balaban J connectivity index is 2.30. The molecule has 1 heterocycles. The van der Waals surface area contributed by atoms with E-state index in [1.807, 2.05) is 44.2 Å². The van der Waals surface area contributed by atoms with Crippen molar-refractivity contribution in [2.45, 2.75) is 38.8 Å². The summed E-state index contributed by atoms with van der Waals surface area (Å²) in [7, 11) is 0. The van der Waals surface area contributed by atoms with Crippen LogP contribution in [0.3, 0.4) is 0 Å². The quantitative estimate of drug-likeness (QED) is 0.875. The molecule has 3 nitrogen and oxygen atoms in total. The van der Waals surface area contributed by atoms with Crippen LogP contribution < -0.4 is 10.6 Å². The molecule has 0 fully saturated rings. The summed E-state index contributed by atoms with van der Waals surface area (Å²) >= 11 is 3.57. The van der Waals surface area contributed by atoms with E-state index < -0.39 is 0 Å². The first kappa shape index (κ1) is 14.3. The van der Waals surface area contributed by atoms with Crippen LogP contribution in [0.4, 0.5) is 5.69 Å². The average molecular weight is 323 g/mol. The minimum atomic E-state index is -0.360. The molecule has 4 heteroatoms. The Hall–Kier alpha value is -1.13. The monoisotopic (exact) mass is 322 g/mol. The van der Waals surface area contributed by atoms with Gasteiger partial charge in [0.15, 0.2) is 0 Å². The lowest BCUT2D eigenvalue weighted by Gasteiger charge is -2.27. The van der Waals surface area contributed by atoms with Gasteiger partial charge in [0.05, 0.1) is 0 Å². The minimum Gasteiger partial charge on any atom is -0.322 e. The van der Waals surface area contributed by atoms with E-state index in [9.17, 15) is 4.79 Å². The van der Waals surface area contributed by atoms with Gasteiger partial charge in [-0.05, 0) is 39.8 Å². The Kier molecular flexibility index (Phi) is 3.58. The summed E-state index contributed by atoms with van der Waals surface area (Å²) in [5.41, 5.74) is 0.968. The second-order valence-electron chi connectivity index (χ2n) is 5.88. The van der Waals surface area contributed by atoms with E-state index in [1.54, 1.807) is 0 Å². The number of para-hydroxylation sites is 1. The predicted octanol–water partition coefficient (Wildman–Crippen LogP) is 3.43. The molecule has 0 aliphatic carbocycles. The molecule has 0 spiro atoms. The van der Waals surface area contributed by atoms with Gasteiger partial charge in [0.2, 0.25) is 0 Å². The molecule has 0 aromatic heterocycles. The molecule has 1 amide bonds. The Bertz CT molecular complexity index is 532. The van der Waals surface area contributed by atoms with Crippen molar-refractivity contribution in [2.24, 2.45) is 0 Å². The van der Waals surface area contributed by atoms with Crippen LogP contribution in [0, 0.1) is 0 Å². The van der Waals surface area contributed by atoms with E-state index in [4.69, 9.17) is 0 Å². The Labute approximate surface area is 122 Å². The lowest BCUT2D eigenvalue weighted by Crippen LogP contribution is -2.47. The Morgan fingerprint density at radius 1 is 1.11 bits per heavy atom. The van der Waals surface area contributed by atoms with Gasteiger partial charge in [-0.3, -0.25) is 10.1 Å². The molecule has 0 unspecified atom stereocenters. The summed E-state index contributed by atoms with van der Waals surface area (Å²) in [6.07, 6.45) is 0. The molecule has 1 aliphatic rings. The molecule has 2 rings (SSSR count). The molecule has 19 heavy (non-hydrogen) atoms. The second-order valence-corrected chi connectivity index (χ2v) is 6.68. The topological polar surface area (TPSA) is 41.1 Å². The fourth-order valence-electron chi connectivity index (χ4n) is 2.58. The first-order valence-corrected chi connectivity index (χ1v) is 7.10. The summed E-state index contributed by atoms with van der Waals surface area (Å²) in [6.45, 7) is 8.15. The van der Waals surface area contributed by atoms with Gasteiger partial charge in [-0.2, -0.15) is 0 Å². The van der Waals surface area contributed by atoms with Crippen LogP contribution in [0.1, 0.15) is 27.7 Å². The van der Waals surface area contributed by atoms with Gasteiger partial charge < -0.3 is 5.32 Å². The summed E-state index contributed by atoms with van der Waals surface area (Å²) in [5.74, 6) is -0.0684. The van der Waals surface area contributed by atoms with Crippen molar-refractivity contribution in [3.8, 4) is 0 Å². The van der Waals surface area contributed by atoms with Crippen LogP contribution in [0.25, 0.3) is 0 Å². The molecular formula is C15H19BrN2O. The Morgan fingerprint density at radius 2 is 1.68 bits per heavy atom. The van der Waals surface area contributed by atoms with Crippen molar-refractivity contribution in [3.63, 3.8) is 0 Å². The zero-order chi connectivity index (χ0) is 14.3. The molecule has 1 aromatic rings. The van der Waals surface area contributed by atoms with Gasteiger partial charge in [0, 0.05) is 26.8 Å². The fourth-order valence-corrected chi connectivity index (χ4v) is 3.36. The minimum absolute atomic E-state index is 0.0684. The van der Waals surface area contributed by atoms with Gasteiger partial charge in [-0.15, -0.1) is 0 Å². The maximum atomic E-state index is 12.5. The molecule has 0 atom stereocenters. The zero-order valence-electron chi connectivity index (χ0n) is 11.7. The van der Waals surface area contributed by atoms with E-state index in [0.717, 1.165) is 15.7 Å². The number of halogens is 1. The maximum absolute atomic E-state index is 12.5. The molecule has 1 aliphatic heterocycles. The number of hydrogen-bond acceptors (Lipinski definition) is 2. The van der Waals surface area contributed by atoms with Crippen LogP contribution in [-0.4, -0.2) is 17.0 Å². The number of carbonyl (C=O) groups excluding carboxylic acids is 1. The van der Waals surface area contributed by atoms with Crippen LogP contribution >= 0.6 is 15.9 Å². The number of hydrogen-bond donors (Lipinski definition) is 2. The highest BCUT2D eigenvalue weighted by molar-refractivity contribution is 9.11. The Morgan fingerprint density at radius 3 is 2.16 bits per heavy atom. The van der Waals surface area contributed by atoms with E-state index in [1.165, 1.54) is 0 Å². The van der Waals surface area contributed by atoms with E-state index in [0.29, 0.717) is 0 Å². The average Bonchev–Trinajstić information content (AvgIpc) is 2.44. The molecule has 0 radical (unpaired) electrons. The van der Waals surface area contributed by atoms with Crippen molar-refractivity contribution in [1.82, 2.24) is 5.32 Å². The number of benzene rings is 1. The van der Waals surface area contributed by atoms with Crippen LogP contribution in [0.2, 0.25) is 0 Å². The third-order valence-corrected chi connectivity index (χ3v) is 4.66. The van der Waals surface area contributed by atoms with E-state index in [-0.39, 0.29) is 17.0 Å². The van der Waals surface area contributed by atoms with Gasteiger partial charge in [-0.1, -0.05) is 34.1 Å². The van der Waals surface area contributed by atoms with Crippen molar-refractivity contribution in [1.29, 1.82) is 0 Å². The van der Waals surface area contributed by atoms with Crippen molar-refractivity contribution in [3.05, 3.63) is 40.4 Å². The number of anilines is 1. The second kappa shape index (κ2) is 4.76. The van der Waals surface area contributed by atoms with Gasteiger partial charge in [-0.25, -0.2) is 0 Å². The molecular weight excluding hydrogens is 304 g/mol. The lowest BCUT2D eigenvalue weighted by molar-refractivity contribution is -0.113. The number of rotatable bonds is 2. The van der Waals surface area contributed by atoms with Crippen molar-refractivity contribution >= 4 is 27.5 Å². The molecule has 0 saturated carbocycles. The smallest absolute Gasteiger partial charge is 0.254 e. The molecule has 2 N–H and O–H groups in total. The van der Waals surface area contributed by atoms with Crippen molar-refractivity contribution < 1.29 is 4.79 Å². The van der Waals surface area contributed by atoms with Crippen LogP contribution in [0.5, 0.6) is 0 Å². The highest BCUT2D eigenvalue weighted by Gasteiger charge is 2.45. The first-order valence-electron chi connectivity index (χ1n) is 6.30. The largest absolute Gasteiger partial charge is 0.322 e. The SMILES string of the molecule is CC1(C)NC(C)(C)C(C(=O)Nc2ccccc2)=C1Br. The van der Waals surface area contributed by atoms with Crippen LogP contribution in [-0.2, 0) is 4.79 Å². The highest BCUT2D eigenvalue weighted by Crippen LogP contribution is 2.40. The summed E-state index contributed by atoms with van der Waals surface area (Å²) in [6, 6.07) is 9.50. The summed E-state index contributed by atoms with van der Waals surface area (Å²) in [4.78, 5) is 12.5. The summed E-state index contributed by atoms with van der Waals surface area (Å²) in [5, 5.41) is 6.40. The molecule has 102 valence electrons. The highest BCUT2D eigenvalue weighted by atomic mass is 79.9. The maximum Gasteiger partial charge on any atom is 0.254 e. The molecule has 0 bridgehead atoms. The molecule has 0 saturated heterocycles. The lowest BCUT2D eigenvalue weighted by atomic mass is 9.96.